The zero-order valence-corrected chi connectivity index (χ0v) is 16.0. The zero-order chi connectivity index (χ0) is 21.4. The molecule has 0 spiro atoms. The maximum Gasteiger partial charge on any atom is 0.422 e. The van der Waals surface area contributed by atoms with Crippen molar-refractivity contribution in [3.63, 3.8) is 0 Å². The Morgan fingerprint density at radius 3 is 2.37 bits per heavy atom. The molecule has 4 rings (SSSR count). The number of rotatable bonds is 2. The average Bonchev–Trinajstić information content (AvgIpc) is 2.75. The van der Waals surface area contributed by atoms with E-state index < -0.39 is 17.3 Å². The number of anilines is 1. The summed E-state index contributed by atoms with van der Waals surface area (Å²) in [7, 11) is 0. The standard InChI is InChI=1S/C23H17F3N4/c1-16-10-12-18(13-11-16)28-21-29-22(23(24,25)26,17-7-3-2-4-8-17)19(15-27)20-9-5-6-14-30(20)21/h2-14H,1H3,(H,28,29). The van der Waals surface area contributed by atoms with Gasteiger partial charge in [-0.05, 0) is 36.8 Å². The van der Waals surface area contributed by atoms with Crippen LogP contribution in [0, 0.1) is 18.3 Å². The molecule has 2 aromatic rings. The van der Waals surface area contributed by atoms with Crippen molar-refractivity contribution in [1.29, 1.82) is 5.26 Å². The van der Waals surface area contributed by atoms with E-state index in [-0.39, 0.29) is 17.2 Å². The van der Waals surface area contributed by atoms with Gasteiger partial charge in [0.15, 0.2) is 0 Å². The molecule has 2 aromatic carbocycles. The minimum Gasteiger partial charge on any atom is -0.326 e. The molecule has 1 unspecified atom stereocenters. The van der Waals surface area contributed by atoms with Crippen LogP contribution in [0.5, 0.6) is 0 Å². The highest BCUT2D eigenvalue weighted by molar-refractivity contribution is 5.98. The van der Waals surface area contributed by atoms with Gasteiger partial charge in [-0.2, -0.15) is 18.4 Å². The Labute approximate surface area is 172 Å². The molecule has 2 aliphatic rings. The Hall–Kier alpha value is -3.79. The molecule has 1 N–H and O–H groups in total. The van der Waals surface area contributed by atoms with E-state index in [9.17, 15) is 18.4 Å². The van der Waals surface area contributed by atoms with E-state index in [0.29, 0.717) is 5.69 Å². The van der Waals surface area contributed by atoms with Crippen molar-refractivity contribution in [1.82, 2.24) is 4.90 Å². The van der Waals surface area contributed by atoms with Gasteiger partial charge in [-0.3, -0.25) is 4.90 Å². The van der Waals surface area contributed by atoms with Gasteiger partial charge in [-0.1, -0.05) is 54.1 Å². The van der Waals surface area contributed by atoms with Crippen molar-refractivity contribution in [2.75, 3.05) is 5.32 Å². The van der Waals surface area contributed by atoms with Gasteiger partial charge >= 0.3 is 6.18 Å². The van der Waals surface area contributed by atoms with Crippen LogP contribution < -0.4 is 5.32 Å². The number of fused-ring (bicyclic) bond motifs is 1. The summed E-state index contributed by atoms with van der Waals surface area (Å²) in [5.41, 5.74) is -1.67. The Kier molecular flexibility index (Phi) is 4.70. The molecule has 1 atom stereocenters. The van der Waals surface area contributed by atoms with E-state index in [1.165, 1.54) is 35.2 Å². The van der Waals surface area contributed by atoms with Crippen LogP contribution in [0.3, 0.4) is 0 Å². The summed E-state index contributed by atoms with van der Waals surface area (Å²) >= 11 is 0. The molecule has 0 saturated heterocycles. The largest absolute Gasteiger partial charge is 0.422 e. The number of nitriles is 1. The van der Waals surface area contributed by atoms with E-state index in [4.69, 9.17) is 0 Å². The van der Waals surface area contributed by atoms with E-state index in [1.807, 2.05) is 19.1 Å². The van der Waals surface area contributed by atoms with Crippen LogP contribution in [0.15, 0.2) is 95.3 Å². The lowest BCUT2D eigenvalue weighted by Gasteiger charge is -2.41. The number of halogens is 3. The summed E-state index contributed by atoms with van der Waals surface area (Å²) in [5, 5.41) is 12.8. The second kappa shape index (κ2) is 7.23. The minimum atomic E-state index is -4.84. The van der Waals surface area contributed by atoms with Crippen molar-refractivity contribution >= 4 is 11.6 Å². The molecule has 150 valence electrons. The first-order valence-electron chi connectivity index (χ1n) is 9.21. The van der Waals surface area contributed by atoms with Gasteiger partial charge in [0, 0.05) is 11.9 Å². The number of nitrogens with zero attached hydrogens (tertiary/aromatic N) is 3. The Morgan fingerprint density at radius 1 is 1.03 bits per heavy atom. The van der Waals surface area contributed by atoms with Gasteiger partial charge in [-0.25, -0.2) is 4.99 Å². The van der Waals surface area contributed by atoms with E-state index >= 15 is 0 Å². The number of allylic oxidation sites excluding steroid dienone is 3. The summed E-state index contributed by atoms with van der Waals surface area (Å²) in [6.07, 6.45) is 1.51. The highest BCUT2D eigenvalue weighted by Crippen LogP contribution is 2.51. The SMILES string of the molecule is Cc1ccc(NC2=NC(c3ccccc3)(C(F)(F)F)C(C#N)=C3C=CC=CN23)cc1. The molecule has 0 saturated carbocycles. The van der Waals surface area contributed by atoms with Crippen molar-refractivity contribution in [2.24, 2.45) is 4.99 Å². The van der Waals surface area contributed by atoms with Crippen molar-refractivity contribution in [2.45, 2.75) is 18.6 Å². The van der Waals surface area contributed by atoms with Crippen LogP contribution in [-0.4, -0.2) is 17.0 Å². The molecule has 4 nitrogen and oxygen atoms in total. The fourth-order valence-corrected chi connectivity index (χ4v) is 3.53. The number of aryl methyl sites for hydroxylation is 1. The van der Waals surface area contributed by atoms with Crippen LogP contribution in [0.2, 0.25) is 0 Å². The molecule has 0 radical (unpaired) electrons. The monoisotopic (exact) mass is 406 g/mol. The highest BCUT2D eigenvalue weighted by atomic mass is 19.4. The quantitative estimate of drug-likeness (QED) is 0.727. The van der Waals surface area contributed by atoms with Gasteiger partial charge < -0.3 is 5.32 Å². The lowest BCUT2D eigenvalue weighted by Crippen LogP contribution is -2.50. The predicted molar refractivity (Wildman–Crippen MR) is 109 cm³/mol. The third kappa shape index (κ3) is 3.07. The predicted octanol–water partition coefficient (Wildman–Crippen LogP) is 5.40. The lowest BCUT2D eigenvalue weighted by atomic mass is 9.80. The number of hydrogen-bond donors (Lipinski definition) is 1. The average molecular weight is 406 g/mol. The molecular weight excluding hydrogens is 389 g/mol. The molecule has 2 aliphatic heterocycles. The van der Waals surface area contributed by atoms with Crippen LogP contribution in [0.4, 0.5) is 18.9 Å². The maximum atomic E-state index is 14.7. The summed E-state index contributed by atoms with van der Waals surface area (Å²) in [4.78, 5) is 5.61. The van der Waals surface area contributed by atoms with Crippen LogP contribution >= 0.6 is 0 Å². The number of nitrogens with one attached hydrogen (secondary N) is 1. The van der Waals surface area contributed by atoms with Crippen LogP contribution in [-0.2, 0) is 5.54 Å². The number of benzene rings is 2. The topological polar surface area (TPSA) is 51.4 Å². The molecule has 0 fully saturated rings. The fourth-order valence-electron chi connectivity index (χ4n) is 3.53. The van der Waals surface area contributed by atoms with Gasteiger partial charge in [0.2, 0.25) is 11.5 Å². The molecule has 0 aliphatic carbocycles. The van der Waals surface area contributed by atoms with Gasteiger partial charge in [0.05, 0.1) is 11.3 Å². The van der Waals surface area contributed by atoms with Crippen LogP contribution in [0.25, 0.3) is 0 Å². The third-order valence-electron chi connectivity index (χ3n) is 5.00. The second-order valence-electron chi connectivity index (χ2n) is 6.94. The molecular formula is C23H17F3N4. The number of aliphatic imine (C=N–C) groups is 1. The Bertz CT molecular complexity index is 1120. The normalized spacial score (nSPS) is 20.5. The smallest absolute Gasteiger partial charge is 0.326 e. The van der Waals surface area contributed by atoms with E-state index in [2.05, 4.69) is 10.3 Å². The molecule has 0 bridgehead atoms. The van der Waals surface area contributed by atoms with Crippen molar-refractivity contribution in [3.05, 3.63) is 101 Å². The summed E-state index contributed by atoms with van der Waals surface area (Å²) < 4.78 is 44.0. The first-order valence-corrected chi connectivity index (χ1v) is 9.21. The summed E-state index contributed by atoms with van der Waals surface area (Å²) in [5.74, 6) is -0.0189. The molecule has 2 heterocycles. The van der Waals surface area contributed by atoms with Gasteiger partial charge in [0.1, 0.15) is 6.07 Å². The Balaban J connectivity index is 1.97. The lowest BCUT2D eigenvalue weighted by molar-refractivity contribution is -0.177. The fraction of sp³-hybridized carbons (Fsp3) is 0.130. The molecule has 0 amide bonds. The molecule has 7 heteroatoms. The first-order chi connectivity index (χ1) is 14.4. The Morgan fingerprint density at radius 2 is 1.73 bits per heavy atom. The number of hydrogen-bond acceptors (Lipinski definition) is 4. The third-order valence-corrected chi connectivity index (χ3v) is 5.00. The van der Waals surface area contributed by atoms with E-state index in [1.54, 1.807) is 42.6 Å². The molecule has 30 heavy (non-hydrogen) atoms. The van der Waals surface area contributed by atoms with Crippen molar-refractivity contribution in [3.8, 4) is 6.07 Å². The summed E-state index contributed by atoms with van der Waals surface area (Å²) in [6.45, 7) is 1.92. The molecule has 0 aromatic heterocycles. The van der Waals surface area contributed by atoms with Crippen LogP contribution in [0.1, 0.15) is 11.1 Å². The zero-order valence-electron chi connectivity index (χ0n) is 16.0. The summed E-state index contributed by atoms with van der Waals surface area (Å²) in [6, 6.07) is 16.4. The highest BCUT2D eigenvalue weighted by Gasteiger charge is 2.62. The minimum absolute atomic E-state index is 0.0189. The second-order valence-corrected chi connectivity index (χ2v) is 6.94. The van der Waals surface area contributed by atoms with Crippen molar-refractivity contribution < 1.29 is 13.2 Å². The van der Waals surface area contributed by atoms with Gasteiger partial charge in [-0.15, -0.1) is 0 Å². The maximum absolute atomic E-state index is 14.7. The first kappa shape index (κ1) is 19.5. The number of guanidine groups is 1. The van der Waals surface area contributed by atoms with Gasteiger partial charge in [0.25, 0.3) is 0 Å². The number of alkyl halides is 3. The van der Waals surface area contributed by atoms with E-state index in [0.717, 1.165) is 5.56 Å².